The zero-order valence-corrected chi connectivity index (χ0v) is 8.27. The van der Waals surface area contributed by atoms with Crippen LogP contribution in [0.15, 0.2) is 30.3 Å². The minimum atomic E-state index is 0.00426. The van der Waals surface area contributed by atoms with Gasteiger partial charge < -0.3 is 0 Å². The molecule has 2 aromatic rings. The van der Waals surface area contributed by atoms with Gasteiger partial charge in [-0.05, 0) is 30.5 Å². The molecule has 0 aliphatic heterocycles. The third-order valence-electron chi connectivity index (χ3n) is 3.02. The fraction of sp³-hybridized carbons (Fsp3) is 0.231. The summed E-state index contributed by atoms with van der Waals surface area (Å²) in [6.07, 6.45) is 1.92. The molecule has 0 bridgehead atoms. The fourth-order valence-corrected chi connectivity index (χ4v) is 2.24. The standard InChI is InChI=1S/C13H10N2/c14-8-11-6-5-10-7-9-3-1-2-4-12(9)15-13(10)11/h1-4,7,11H,5-6H2. The van der Waals surface area contributed by atoms with E-state index in [4.69, 9.17) is 5.26 Å². The van der Waals surface area contributed by atoms with Crippen molar-refractivity contribution in [2.45, 2.75) is 18.8 Å². The van der Waals surface area contributed by atoms with E-state index >= 15 is 0 Å². The summed E-state index contributed by atoms with van der Waals surface area (Å²) in [6.45, 7) is 0. The number of fused-ring (bicyclic) bond motifs is 2. The quantitative estimate of drug-likeness (QED) is 0.646. The Labute approximate surface area is 88.2 Å². The molecule has 3 rings (SSSR count). The molecule has 1 atom stereocenters. The first-order valence-electron chi connectivity index (χ1n) is 5.16. The summed E-state index contributed by atoms with van der Waals surface area (Å²) in [5.41, 5.74) is 3.25. The molecule has 2 nitrogen and oxygen atoms in total. The van der Waals surface area contributed by atoms with Crippen molar-refractivity contribution in [1.82, 2.24) is 4.98 Å². The van der Waals surface area contributed by atoms with E-state index in [1.807, 2.05) is 18.2 Å². The van der Waals surface area contributed by atoms with Crippen LogP contribution in [0.25, 0.3) is 10.9 Å². The summed E-state index contributed by atoms with van der Waals surface area (Å²) < 4.78 is 0. The molecule has 1 heterocycles. The van der Waals surface area contributed by atoms with Crippen LogP contribution in [0.5, 0.6) is 0 Å². The molecule has 0 spiro atoms. The monoisotopic (exact) mass is 194 g/mol. The summed E-state index contributed by atoms with van der Waals surface area (Å²) in [7, 11) is 0. The molecule has 2 heteroatoms. The number of nitrogens with zero attached hydrogens (tertiary/aromatic N) is 2. The molecule has 0 saturated heterocycles. The smallest absolute Gasteiger partial charge is 0.0891 e. The van der Waals surface area contributed by atoms with Gasteiger partial charge in [0.15, 0.2) is 0 Å². The van der Waals surface area contributed by atoms with E-state index in [1.165, 1.54) is 10.9 Å². The zero-order chi connectivity index (χ0) is 10.3. The van der Waals surface area contributed by atoms with Crippen LogP contribution in [-0.2, 0) is 6.42 Å². The van der Waals surface area contributed by atoms with E-state index in [0.29, 0.717) is 0 Å². The average Bonchev–Trinajstić information content (AvgIpc) is 2.68. The van der Waals surface area contributed by atoms with Gasteiger partial charge in [-0.25, -0.2) is 0 Å². The number of pyridine rings is 1. The maximum Gasteiger partial charge on any atom is 0.0891 e. The van der Waals surface area contributed by atoms with Gasteiger partial charge in [0.2, 0.25) is 0 Å². The van der Waals surface area contributed by atoms with Gasteiger partial charge in [0.1, 0.15) is 0 Å². The van der Waals surface area contributed by atoms with E-state index in [9.17, 15) is 0 Å². The van der Waals surface area contributed by atoms with Crippen molar-refractivity contribution in [1.29, 1.82) is 5.26 Å². The largest absolute Gasteiger partial charge is 0.251 e. The molecule has 0 amide bonds. The zero-order valence-electron chi connectivity index (χ0n) is 8.27. The van der Waals surface area contributed by atoms with E-state index in [-0.39, 0.29) is 5.92 Å². The van der Waals surface area contributed by atoms with E-state index in [0.717, 1.165) is 24.1 Å². The van der Waals surface area contributed by atoms with Gasteiger partial charge in [-0.15, -0.1) is 0 Å². The highest BCUT2D eigenvalue weighted by Gasteiger charge is 2.23. The first-order chi connectivity index (χ1) is 7.38. The van der Waals surface area contributed by atoms with Crippen molar-refractivity contribution in [3.63, 3.8) is 0 Å². The summed E-state index contributed by atoms with van der Waals surface area (Å²) in [4.78, 5) is 4.59. The Kier molecular flexibility index (Phi) is 1.72. The predicted molar refractivity (Wildman–Crippen MR) is 58.4 cm³/mol. The molecule has 0 N–H and O–H groups in total. The lowest BCUT2D eigenvalue weighted by Gasteiger charge is -2.03. The second-order valence-corrected chi connectivity index (χ2v) is 3.95. The van der Waals surface area contributed by atoms with Crippen molar-refractivity contribution in [3.05, 3.63) is 41.6 Å². The van der Waals surface area contributed by atoms with Crippen LogP contribution in [0.3, 0.4) is 0 Å². The Morgan fingerprint density at radius 3 is 3.07 bits per heavy atom. The lowest BCUT2D eigenvalue weighted by atomic mass is 10.1. The van der Waals surface area contributed by atoms with Gasteiger partial charge >= 0.3 is 0 Å². The highest BCUT2D eigenvalue weighted by Crippen LogP contribution is 2.32. The van der Waals surface area contributed by atoms with Crippen molar-refractivity contribution in [2.24, 2.45) is 0 Å². The normalized spacial score (nSPS) is 18.7. The number of hydrogen-bond acceptors (Lipinski definition) is 2. The van der Waals surface area contributed by atoms with Crippen LogP contribution in [0.1, 0.15) is 23.6 Å². The van der Waals surface area contributed by atoms with E-state index in [2.05, 4.69) is 23.2 Å². The minimum absolute atomic E-state index is 0.00426. The molecule has 1 aliphatic carbocycles. The Morgan fingerprint density at radius 1 is 1.33 bits per heavy atom. The van der Waals surface area contributed by atoms with Crippen LogP contribution in [0, 0.1) is 11.3 Å². The molecule has 1 aromatic carbocycles. The van der Waals surface area contributed by atoms with Gasteiger partial charge in [-0.3, -0.25) is 4.98 Å². The molecule has 0 radical (unpaired) electrons. The molecule has 15 heavy (non-hydrogen) atoms. The molecule has 0 fully saturated rings. The van der Waals surface area contributed by atoms with Gasteiger partial charge in [0.05, 0.1) is 23.2 Å². The Bertz CT molecular complexity index is 566. The number of benzene rings is 1. The third kappa shape index (κ3) is 1.20. The average molecular weight is 194 g/mol. The first kappa shape index (κ1) is 8.43. The molecular formula is C13H10N2. The number of aryl methyl sites for hydroxylation is 1. The predicted octanol–water partition coefficient (Wildman–Crippen LogP) is 2.79. The highest BCUT2D eigenvalue weighted by molar-refractivity contribution is 5.79. The summed E-state index contributed by atoms with van der Waals surface area (Å²) in [6, 6.07) is 12.6. The Morgan fingerprint density at radius 2 is 2.20 bits per heavy atom. The number of aromatic nitrogens is 1. The van der Waals surface area contributed by atoms with Gasteiger partial charge in [0, 0.05) is 5.39 Å². The van der Waals surface area contributed by atoms with E-state index < -0.39 is 0 Å². The minimum Gasteiger partial charge on any atom is -0.251 e. The number of rotatable bonds is 0. The van der Waals surface area contributed by atoms with Crippen molar-refractivity contribution in [3.8, 4) is 6.07 Å². The molecule has 1 unspecified atom stereocenters. The molecule has 1 aromatic heterocycles. The SMILES string of the molecule is N#CC1CCc2cc3ccccc3nc21. The van der Waals surface area contributed by atoms with Gasteiger partial charge in [-0.2, -0.15) is 5.26 Å². The van der Waals surface area contributed by atoms with Crippen LogP contribution in [0.4, 0.5) is 0 Å². The van der Waals surface area contributed by atoms with Crippen LogP contribution in [-0.4, -0.2) is 4.98 Å². The first-order valence-corrected chi connectivity index (χ1v) is 5.16. The van der Waals surface area contributed by atoms with Gasteiger partial charge in [0.25, 0.3) is 0 Å². The van der Waals surface area contributed by atoms with Crippen LogP contribution >= 0.6 is 0 Å². The highest BCUT2D eigenvalue weighted by atomic mass is 14.7. The lowest BCUT2D eigenvalue weighted by Crippen LogP contribution is -1.94. The van der Waals surface area contributed by atoms with Crippen molar-refractivity contribution < 1.29 is 0 Å². The van der Waals surface area contributed by atoms with Crippen molar-refractivity contribution >= 4 is 10.9 Å². The lowest BCUT2D eigenvalue weighted by molar-refractivity contribution is 0.812. The van der Waals surface area contributed by atoms with Crippen LogP contribution < -0.4 is 0 Å². The fourth-order valence-electron chi connectivity index (χ4n) is 2.24. The summed E-state index contributed by atoms with van der Waals surface area (Å²) >= 11 is 0. The number of para-hydroxylation sites is 1. The second kappa shape index (κ2) is 3.06. The van der Waals surface area contributed by atoms with Gasteiger partial charge in [-0.1, -0.05) is 18.2 Å². The van der Waals surface area contributed by atoms with Crippen LogP contribution in [0.2, 0.25) is 0 Å². The number of hydrogen-bond donors (Lipinski definition) is 0. The number of nitriles is 1. The molecule has 1 aliphatic rings. The summed E-state index contributed by atoms with van der Waals surface area (Å²) in [5.74, 6) is 0.00426. The molecule has 0 saturated carbocycles. The third-order valence-corrected chi connectivity index (χ3v) is 3.02. The van der Waals surface area contributed by atoms with E-state index in [1.54, 1.807) is 0 Å². The summed E-state index contributed by atoms with van der Waals surface area (Å²) in [5, 5.41) is 10.2. The molecular weight excluding hydrogens is 184 g/mol. The maximum atomic E-state index is 8.99. The topological polar surface area (TPSA) is 36.7 Å². The Balaban J connectivity index is 2.29. The van der Waals surface area contributed by atoms with Crippen molar-refractivity contribution in [2.75, 3.05) is 0 Å². The second-order valence-electron chi connectivity index (χ2n) is 3.95. The maximum absolute atomic E-state index is 8.99. The Hall–Kier alpha value is -1.88. The molecule has 72 valence electrons.